The molecule has 5 heteroatoms. The summed E-state index contributed by atoms with van der Waals surface area (Å²) < 4.78 is 5.45. The Morgan fingerprint density at radius 3 is 2.83 bits per heavy atom. The Kier molecular flexibility index (Phi) is 3.50. The van der Waals surface area contributed by atoms with E-state index in [1.807, 2.05) is 26.0 Å². The van der Waals surface area contributed by atoms with Gasteiger partial charge in [-0.3, -0.25) is 4.90 Å². The Morgan fingerprint density at radius 1 is 1.44 bits per heavy atom. The Hall–Kier alpha value is -1.26. The van der Waals surface area contributed by atoms with Crippen molar-refractivity contribution in [2.75, 3.05) is 18.0 Å². The molecule has 2 N–H and O–H groups in total. The van der Waals surface area contributed by atoms with Crippen molar-refractivity contribution in [3.8, 4) is 0 Å². The van der Waals surface area contributed by atoms with Crippen LogP contribution in [0.1, 0.15) is 25.8 Å². The molecule has 1 heterocycles. The number of benzene rings is 1. The van der Waals surface area contributed by atoms with Gasteiger partial charge in [-0.1, -0.05) is 17.7 Å². The third-order valence-electron chi connectivity index (χ3n) is 3.05. The van der Waals surface area contributed by atoms with Crippen LogP contribution in [-0.4, -0.2) is 19.2 Å². The van der Waals surface area contributed by atoms with Crippen molar-refractivity contribution < 1.29 is 9.53 Å². The van der Waals surface area contributed by atoms with Crippen LogP contribution in [0.2, 0.25) is 5.02 Å². The van der Waals surface area contributed by atoms with Gasteiger partial charge in [-0.15, -0.1) is 0 Å². The average Bonchev–Trinajstić information content (AvgIpc) is 2.27. The van der Waals surface area contributed by atoms with E-state index in [1.54, 1.807) is 11.0 Å². The van der Waals surface area contributed by atoms with Gasteiger partial charge in [-0.25, -0.2) is 4.79 Å². The van der Waals surface area contributed by atoms with Crippen molar-refractivity contribution in [2.24, 2.45) is 5.73 Å². The van der Waals surface area contributed by atoms with E-state index in [4.69, 9.17) is 22.1 Å². The first-order valence-electron chi connectivity index (χ1n) is 5.96. The van der Waals surface area contributed by atoms with E-state index in [-0.39, 0.29) is 6.09 Å². The molecule has 0 saturated heterocycles. The van der Waals surface area contributed by atoms with Gasteiger partial charge in [0.2, 0.25) is 0 Å². The van der Waals surface area contributed by atoms with E-state index in [2.05, 4.69) is 0 Å². The number of carbonyl (C=O) groups is 1. The number of rotatable bonds is 3. The molecule has 2 rings (SSSR count). The number of halogens is 1. The maximum Gasteiger partial charge on any atom is 0.415 e. The molecule has 0 aromatic heterocycles. The monoisotopic (exact) mass is 268 g/mol. The fourth-order valence-corrected chi connectivity index (χ4v) is 2.29. The van der Waals surface area contributed by atoms with Crippen molar-refractivity contribution in [1.29, 1.82) is 0 Å². The molecule has 1 aliphatic heterocycles. The largest absolute Gasteiger partial charge is 0.438 e. The van der Waals surface area contributed by atoms with E-state index >= 15 is 0 Å². The van der Waals surface area contributed by atoms with Gasteiger partial charge in [0, 0.05) is 17.1 Å². The van der Waals surface area contributed by atoms with Crippen molar-refractivity contribution in [3.63, 3.8) is 0 Å². The lowest BCUT2D eigenvalue weighted by Gasteiger charge is -2.38. The van der Waals surface area contributed by atoms with Gasteiger partial charge in [-0.05, 0) is 38.9 Å². The number of ether oxygens (including phenoxy) is 1. The Labute approximate surface area is 112 Å². The fourth-order valence-electron chi connectivity index (χ4n) is 2.13. The summed E-state index contributed by atoms with van der Waals surface area (Å²) in [4.78, 5) is 13.6. The molecule has 1 amide bonds. The highest BCUT2D eigenvalue weighted by atomic mass is 35.5. The van der Waals surface area contributed by atoms with Crippen LogP contribution in [0, 0.1) is 0 Å². The van der Waals surface area contributed by atoms with Crippen LogP contribution in [-0.2, 0) is 10.3 Å². The van der Waals surface area contributed by atoms with Crippen LogP contribution < -0.4 is 10.6 Å². The van der Waals surface area contributed by atoms with Gasteiger partial charge in [0.15, 0.2) is 0 Å². The molecule has 0 radical (unpaired) electrons. The maximum atomic E-state index is 12.0. The quantitative estimate of drug-likeness (QED) is 0.917. The maximum absolute atomic E-state index is 12.0. The van der Waals surface area contributed by atoms with E-state index in [1.165, 1.54) is 0 Å². The number of nitrogens with two attached hydrogens (primary N) is 1. The number of anilines is 1. The molecule has 1 aliphatic rings. The minimum absolute atomic E-state index is 0.344. The molecule has 4 nitrogen and oxygen atoms in total. The Morgan fingerprint density at radius 2 is 2.17 bits per heavy atom. The van der Waals surface area contributed by atoms with Crippen LogP contribution in [0.25, 0.3) is 0 Å². The number of fused-ring (bicyclic) bond motifs is 1. The highest BCUT2D eigenvalue weighted by molar-refractivity contribution is 6.31. The summed E-state index contributed by atoms with van der Waals surface area (Å²) in [6.07, 6.45) is 0.379. The molecule has 0 unspecified atom stereocenters. The zero-order valence-electron chi connectivity index (χ0n) is 10.6. The number of cyclic esters (lactones) is 1. The summed E-state index contributed by atoms with van der Waals surface area (Å²) in [5, 5.41) is 0.608. The topological polar surface area (TPSA) is 55.6 Å². The first-order valence-corrected chi connectivity index (χ1v) is 6.34. The van der Waals surface area contributed by atoms with Crippen LogP contribution in [0.5, 0.6) is 0 Å². The highest BCUT2D eigenvalue weighted by Crippen LogP contribution is 2.39. The molecule has 0 atom stereocenters. The summed E-state index contributed by atoms with van der Waals surface area (Å²) >= 11 is 6.01. The van der Waals surface area contributed by atoms with Crippen LogP contribution in [0.4, 0.5) is 10.5 Å². The molecular formula is C13H17ClN2O2. The van der Waals surface area contributed by atoms with Crippen LogP contribution in [0.15, 0.2) is 18.2 Å². The number of hydrogen-bond acceptors (Lipinski definition) is 3. The molecule has 0 bridgehead atoms. The van der Waals surface area contributed by atoms with E-state index < -0.39 is 5.60 Å². The summed E-state index contributed by atoms with van der Waals surface area (Å²) in [6.45, 7) is 4.82. The van der Waals surface area contributed by atoms with Crippen LogP contribution >= 0.6 is 11.6 Å². The van der Waals surface area contributed by atoms with Crippen LogP contribution in [0.3, 0.4) is 0 Å². The highest BCUT2D eigenvalue weighted by Gasteiger charge is 2.37. The third-order valence-corrected chi connectivity index (χ3v) is 3.28. The standard InChI is InChI=1S/C13H17ClN2O2/c1-13(2)10-5-4-9(14)8-11(10)16(7-3-6-15)12(17)18-13/h4-5,8H,3,6-7,15H2,1-2H3. The van der Waals surface area contributed by atoms with Crippen molar-refractivity contribution in [1.82, 2.24) is 0 Å². The van der Waals surface area contributed by atoms with Gasteiger partial charge in [0.05, 0.1) is 5.69 Å². The first kappa shape index (κ1) is 13.2. The molecule has 0 aliphatic carbocycles. The normalized spacial score (nSPS) is 17.3. The third kappa shape index (κ3) is 2.31. The zero-order valence-corrected chi connectivity index (χ0v) is 11.3. The molecular weight excluding hydrogens is 252 g/mol. The number of hydrogen-bond donors (Lipinski definition) is 1. The second-order valence-corrected chi connectivity index (χ2v) is 5.27. The van der Waals surface area contributed by atoms with Gasteiger partial charge in [0.25, 0.3) is 0 Å². The molecule has 1 aromatic carbocycles. The van der Waals surface area contributed by atoms with E-state index in [0.29, 0.717) is 18.1 Å². The number of nitrogens with zero attached hydrogens (tertiary/aromatic N) is 1. The molecule has 18 heavy (non-hydrogen) atoms. The second-order valence-electron chi connectivity index (χ2n) is 4.83. The molecule has 0 saturated carbocycles. The summed E-state index contributed by atoms with van der Waals surface area (Å²) in [5.74, 6) is 0. The molecule has 0 spiro atoms. The van der Waals surface area contributed by atoms with Gasteiger partial charge < -0.3 is 10.5 Å². The number of amides is 1. The summed E-state index contributed by atoms with van der Waals surface area (Å²) in [6, 6.07) is 5.51. The van der Waals surface area contributed by atoms with E-state index in [0.717, 1.165) is 17.7 Å². The SMILES string of the molecule is CC1(C)OC(=O)N(CCCN)c2cc(Cl)ccc21. The summed E-state index contributed by atoms with van der Waals surface area (Å²) in [7, 11) is 0. The van der Waals surface area contributed by atoms with E-state index in [9.17, 15) is 4.79 Å². The average molecular weight is 269 g/mol. The summed E-state index contributed by atoms with van der Waals surface area (Å²) in [5.41, 5.74) is 6.64. The van der Waals surface area contributed by atoms with Crippen molar-refractivity contribution in [3.05, 3.63) is 28.8 Å². The minimum atomic E-state index is -0.629. The predicted molar refractivity (Wildman–Crippen MR) is 72.0 cm³/mol. The second kappa shape index (κ2) is 4.78. The zero-order chi connectivity index (χ0) is 13.3. The smallest absolute Gasteiger partial charge is 0.415 e. The lowest BCUT2D eigenvalue weighted by molar-refractivity contribution is 0.0350. The minimum Gasteiger partial charge on any atom is -0.438 e. The molecule has 0 fully saturated rings. The fraction of sp³-hybridized carbons (Fsp3) is 0.462. The van der Waals surface area contributed by atoms with Gasteiger partial charge in [0.1, 0.15) is 5.60 Å². The Balaban J connectivity index is 2.46. The first-order chi connectivity index (χ1) is 8.45. The van der Waals surface area contributed by atoms with Crippen molar-refractivity contribution >= 4 is 23.4 Å². The van der Waals surface area contributed by atoms with Gasteiger partial charge in [-0.2, -0.15) is 0 Å². The Bertz CT molecular complexity index is 474. The lowest BCUT2D eigenvalue weighted by atomic mass is 9.94. The lowest BCUT2D eigenvalue weighted by Crippen LogP contribution is -2.44. The molecule has 1 aromatic rings. The molecule has 98 valence electrons. The number of carbonyl (C=O) groups excluding carboxylic acids is 1. The predicted octanol–water partition coefficient (Wildman–Crippen LogP) is 2.88. The van der Waals surface area contributed by atoms with Crippen molar-refractivity contribution in [2.45, 2.75) is 25.9 Å². The van der Waals surface area contributed by atoms with Gasteiger partial charge >= 0.3 is 6.09 Å².